The van der Waals surface area contributed by atoms with Gasteiger partial charge in [-0.3, -0.25) is 4.55 Å². The number of unbranched alkanes of at least 4 members (excludes halogenated alkanes) is 1. The van der Waals surface area contributed by atoms with Crippen molar-refractivity contribution in [3.05, 3.63) is 12.4 Å². The maximum atomic E-state index is 11.5. The predicted molar refractivity (Wildman–Crippen MR) is 66.4 cm³/mol. The van der Waals surface area contributed by atoms with Crippen molar-refractivity contribution in [2.75, 3.05) is 13.1 Å². The van der Waals surface area contributed by atoms with Crippen LogP contribution in [0.15, 0.2) is 12.4 Å². The maximum absolute atomic E-state index is 11.5. The molecule has 1 heterocycles. The van der Waals surface area contributed by atoms with Crippen LogP contribution in [0.1, 0.15) is 40.0 Å². The van der Waals surface area contributed by atoms with Crippen LogP contribution in [0.5, 0.6) is 0 Å². The fourth-order valence-electron chi connectivity index (χ4n) is 2.17. The Morgan fingerprint density at radius 3 is 2.62 bits per heavy atom. The van der Waals surface area contributed by atoms with Gasteiger partial charge in [0.15, 0.2) is 6.17 Å². The number of nitrogens with zero attached hydrogens (tertiary/aromatic N) is 2. The van der Waals surface area contributed by atoms with Crippen LogP contribution in [0.25, 0.3) is 0 Å². The van der Waals surface area contributed by atoms with E-state index in [1.807, 2.05) is 26.2 Å². The molecule has 3 atom stereocenters. The molecule has 4 nitrogen and oxygen atoms in total. The highest BCUT2D eigenvalue weighted by Gasteiger charge is 2.44. The summed E-state index contributed by atoms with van der Waals surface area (Å²) in [4.78, 5) is 2.17. The van der Waals surface area contributed by atoms with Crippen molar-refractivity contribution in [1.82, 2.24) is 4.90 Å². The minimum Gasteiger partial charge on any atom is -0.323 e. The van der Waals surface area contributed by atoms with Crippen LogP contribution < -0.4 is 0 Å². The zero-order valence-electron chi connectivity index (χ0n) is 10.4. The van der Waals surface area contributed by atoms with Gasteiger partial charge < -0.3 is 4.90 Å². The molecule has 0 aliphatic carbocycles. The Hall–Kier alpha value is -0.390. The summed E-state index contributed by atoms with van der Waals surface area (Å²) in [5.74, 6) is 0. The molecule has 0 saturated heterocycles. The molecule has 0 aromatic heterocycles. The lowest BCUT2D eigenvalue weighted by atomic mass is 10.3. The first-order valence-electron chi connectivity index (χ1n) is 6.02. The Morgan fingerprint density at radius 1 is 1.44 bits per heavy atom. The van der Waals surface area contributed by atoms with Crippen LogP contribution in [-0.2, 0) is 11.3 Å². The van der Waals surface area contributed by atoms with Crippen molar-refractivity contribution in [2.45, 2.75) is 46.2 Å². The minimum atomic E-state index is -1.85. The molecule has 3 unspecified atom stereocenters. The molecule has 1 aliphatic heterocycles. The molecule has 1 rings (SSSR count). The van der Waals surface area contributed by atoms with E-state index >= 15 is 0 Å². The van der Waals surface area contributed by atoms with Gasteiger partial charge in [-0.15, -0.1) is 0 Å². The first kappa shape index (κ1) is 13.7. The van der Waals surface area contributed by atoms with Crippen LogP contribution >= 0.6 is 0 Å². The first-order chi connectivity index (χ1) is 7.58. The molecule has 0 bridgehead atoms. The van der Waals surface area contributed by atoms with E-state index in [1.54, 1.807) is 0 Å². The van der Waals surface area contributed by atoms with Crippen molar-refractivity contribution in [3.63, 3.8) is 0 Å². The van der Waals surface area contributed by atoms with Gasteiger partial charge in [0.2, 0.25) is 0 Å². The van der Waals surface area contributed by atoms with Gasteiger partial charge in [0.05, 0.1) is 12.7 Å². The summed E-state index contributed by atoms with van der Waals surface area (Å²) in [6, 6.07) is 0. The lowest BCUT2D eigenvalue weighted by Gasteiger charge is -2.34. The minimum absolute atomic E-state index is 0.0670. The zero-order valence-corrected chi connectivity index (χ0v) is 11.2. The molecule has 0 amide bonds. The highest BCUT2D eigenvalue weighted by atomic mass is 32.2. The molecule has 1 N–H and O–H groups in total. The molecular weight excluding hydrogens is 224 g/mol. The smallest absolute Gasteiger partial charge is 0.323 e. The van der Waals surface area contributed by atoms with Crippen molar-refractivity contribution in [3.8, 4) is 0 Å². The first-order valence-corrected chi connectivity index (χ1v) is 7.09. The third kappa shape index (κ3) is 2.47. The summed E-state index contributed by atoms with van der Waals surface area (Å²) in [6.07, 6.45) is 7.09. The lowest BCUT2D eigenvalue weighted by molar-refractivity contribution is -0.783. The fraction of sp³-hybridized carbons (Fsp3) is 0.818. The fourth-order valence-corrected chi connectivity index (χ4v) is 3.05. The van der Waals surface area contributed by atoms with Crippen molar-refractivity contribution >= 4 is 11.3 Å². The Bertz CT molecular complexity index is 283. The summed E-state index contributed by atoms with van der Waals surface area (Å²) in [7, 11) is 0. The van der Waals surface area contributed by atoms with E-state index in [1.165, 1.54) is 0 Å². The molecule has 0 aromatic rings. The molecule has 0 fully saturated rings. The summed E-state index contributed by atoms with van der Waals surface area (Å²) in [6.45, 7) is 7.91. The standard InChI is InChI=1S/C11H22N2O2S/c1-4-6-7-12-8-10-13(9-5-2,11(12)3)16(14)15/h8,10-11H,4-7,9H2,1-3H3/p+1. The number of rotatable bonds is 6. The van der Waals surface area contributed by atoms with Gasteiger partial charge in [0.25, 0.3) is 0 Å². The van der Waals surface area contributed by atoms with Crippen molar-refractivity contribution in [1.29, 1.82) is 0 Å². The number of quaternary nitrogens is 1. The predicted octanol–water partition coefficient (Wildman–Crippen LogP) is 2.28. The van der Waals surface area contributed by atoms with Gasteiger partial charge in [-0.1, -0.05) is 20.3 Å². The third-order valence-electron chi connectivity index (χ3n) is 3.26. The van der Waals surface area contributed by atoms with E-state index in [9.17, 15) is 8.76 Å². The summed E-state index contributed by atoms with van der Waals surface area (Å²) >= 11 is -1.85. The SMILES string of the molecule is CCCCN1C=C[N+](CCC)(S(=O)O)C1C. The molecule has 0 radical (unpaired) electrons. The summed E-state index contributed by atoms with van der Waals surface area (Å²) in [5, 5.41) is 0. The van der Waals surface area contributed by atoms with Crippen LogP contribution in [0, 0.1) is 0 Å². The summed E-state index contributed by atoms with van der Waals surface area (Å²) in [5.41, 5.74) is 0. The van der Waals surface area contributed by atoms with E-state index in [2.05, 4.69) is 11.8 Å². The van der Waals surface area contributed by atoms with E-state index in [4.69, 9.17) is 0 Å². The van der Waals surface area contributed by atoms with Crippen molar-refractivity contribution in [2.24, 2.45) is 0 Å². The molecule has 1 aliphatic rings. The van der Waals surface area contributed by atoms with Crippen LogP contribution in [0.4, 0.5) is 0 Å². The van der Waals surface area contributed by atoms with Crippen LogP contribution in [0.2, 0.25) is 0 Å². The Kier molecular flexibility index (Phi) is 4.95. The van der Waals surface area contributed by atoms with E-state index < -0.39 is 11.3 Å². The lowest BCUT2D eigenvalue weighted by Crippen LogP contribution is -2.53. The van der Waals surface area contributed by atoms with E-state index in [0.717, 1.165) is 25.8 Å². The number of hydrogen-bond donors (Lipinski definition) is 1. The summed E-state index contributed by atoms with van der Waals surface area (Å²) < 4.78 is 21.2. The normalized spacial score (nSPS) is 31.0. The van der Waals surface area contributed by atoms with E-state index in [0.29, 0.717) is 6.54 Å². The van der Waals surface area contributed by atoms with Crippen molar-refractivity contribution < 1.29 is 12.6 Å². The van der Waals surface area contributed by atoms with Gasteiger partial charge >= 0.3 is 11.3 Å². The van der Waals surface area contributed by atoms with Crippen LogP contribution in [0.3, 0.4) is 0 Å². The average molecular weight is 247 g/mol. The van der Waals surface area contributed by atoms with E-state index in [-0.39, 0.29) is 10.1 Å². The molecule has 0 saturated carbocycles. The second-order valence-corrected chi connectivity index (χ2v) is 5.47. The zero-order chi connectivity index (χ0) is 12.2. The molecule has 0 spiro atoms. The highest BCUT2D eigenvalue weighted by molar-refractivity contribution is 7.73. The molecule has 94 valence electrons. The Morgan fingerprint density at radius 2 is 2.12 bits per heavy atom. The van der Waals surface area contributed by atoms with Gasteiger partial charge in [-0.2, -0.15) is 8.10 Å². The molecule has 16 heavy (non-hydrogen) atoms. The third-order valence-corrected chi connectivity index (χ3v) is 4.45. The van der Waals surface area contributed by atoms with Gasteiger partial charge in [-0.25, -0.2) is 0 Å². The van der Waals surface area contributed by atoms with Gasteiger partial charge in [-0.05, 0) is 12.8 Å². The second-order valence-electron chi connectivity index (χ2n) is 4.33. The average Bonchev–Trinajstić information content (AvgIpc) is 2.56. The highest BCUT2D eigenvalue weighted by Crippen LogP contribution is 2.28. The quantitative estimate of drug-likeness (QED) is 0.578. The molecular formula is C11H23N2O2S+. The Balaban J connectivity index is 2.76. The largest absolute Gasteiger partial charge is 0.365 e. The number of hydrogen-bond acceptors (Lipinski definition) is 2. The second kappa shape index (κ2) is 5.80. The van der Waals surface area contributed by atoms with Gasteiger partial charge in [0, 0.05) is 13.5 Å². The van der Waals surface area contributed by atoms with Crippen LogP contribution in [-0.4, -0.2) is 36.8 Å². The molecule has 5 heteroatoms. The van der Waals surface area contributed by atoms with Gasteiger partial charge in [0.1, 0.15) is 6.20 Å². The molecule has 0 aromatic carbocycles. The topological polar surface area (TPSA) is 40.5 Å². The monoisotopic (exact) mass is 247 g/mol. The Labute approximate surface area is 101 Å². The maximum Gasteiger partial charge on any atom is 0.365 e.